The van der Waals surface area contributed by atoms with Crippen LogP contribution < -0.4 is 5.56 Å². The van der Waals surface area contributed by atoms with E-state index in [2.05, 4.69) is 0 Å². The molecule has 0 N–H and O–H groups in total. The van der Waals surface area contributed by atoms with E-state index in [4.69, 9.17) is 4.74 Å². The van der Waals surface area contributed by atoms with E-state index in [0.29, 0.717) is 38.1 Å². The van der Waals surface area contributed by atoms with Crippen LogP contribution in [0.2, 0.25) is 0 Å². The van der Waals surface area contributed by atoms with Crippen molar-refractivity contribution in [3.63, 3.8) is 0 Å². The van der Waals surface area contributed by atoms with E-state index in [0.717, 1.165) is 0 Å². The van der Waals surface area contributed by atoms with Crippen molar-refractivity contribution in [2.75, 3.05) is 19.7 Å². The molecule has 0 aliphatic carbocycles. The van der Waals surface area contributed by atoms with E-state index in [1.165, 1.54) is 10.6 Å². The third kappa shape index (κ3) is 3.51. The first-order valence-electron chi connectivity index (χ1n) is 7.15. The number of likely N-dealkylation sites (tertiary alicyclic amines) is 1. The Morgan fingerprint density at radius 2 is 2.00 bits per heavy atom. The molecule has 0 atom stereocenters. The molecule has 0 aromatic carbocycles. The molecule has 1 fully saturated rings. The lowest BCUT2D eigenvalue weighted by atomic mass is 9.96. The van der Waals surface area contributed by atoms with Crippen LogP contribution in [0, 0.1) is 5.92 Å². The molecule has 1 aliphatic heterocycles. The molecule has 21 heavy (non-hydrogen) atoms. The van der Waals surface area contributed by atoms with Crippen LogP contribution in [-0.2, 0) is 16.6 Å². The topological polar surface area (TPSA) is 68.6 Å². The van der Waals surface area contributed by atoms with Crippen molar-refractivity contribution in [1.29, 1.82) is 0 Å². The SMILES string of the molecule is CCOC(=O)C1CCN(C(=O)c2ccn(C)c(=O)c2)CC1. The molecule has 2 heterocycles. The molecule has 1 aliphatic rings. The largest absolute Gasteiger partial charge is 0.466 e. The van der Waals surface area contributed by atoms with Crippen LogP contribution in [-0.4, -0.2) is 41.0 Å². The molecule has 1 amide bonds. The van der Waals surface area contributed by atoms with Crippen molar-refractivity contribution in [3.8, 4) is 0 Å². The molecule has 0 saturated carbocycles. The molecular formula is C15H20N2O4. The highest BCUT2D eigenvalue weighted by molar-refractivity contribution is 5.94. The minimum atomic E-state index is -0.206. The number of nitrogens with zero attached hydrogens (tertiary/aromatic N) is 2. The third-order valence-corrected chi connectivity index (χ3v) is 3.75. The average Bonchev–Trinajstić information content (AvgIpc) is 2.50. The van der Waals surface area contributed by atoms with Crippen molar-refractivity contribution < 1.29 is 14.3 Å². The van der Waals surface area contributed by atoms with Crippen LogP contribution in [0.1, 0.15) is 30.1 Å². The van der Waals surface area contributed by atoms with E-state index in [1.54, 1.807) is 31.1 Å². The van der Waals surface area contributed by atoms with E-state index in [1.807, 2.05) is 0 Å². The maximum Gasteiger partial charge on any atom is 0.309 e. The minimum Gasteiger partial charge on any atom is -0.466 e. The molecular weight excluding hydrogens is 272 g/mol. The Morgan fingerprint density at radius 1 is 1.33 bits per heavy atom. The Hall–Kier alpha value is -2.11. The van der Waals surface area contributed by atoms with Gasteiger partial charge in [0.2, 0.25) is 0 Å². The van der Waals surface area contributed by atoms with Crippen molar-refractivity contribution >= 4 is 11.9 Å². The van der Waals surface area contributed by atoms with Gasteiger partial charge in [-0.2, -0.15) is 0 Å². The quantitative estimate of drug-likeness (QED) is 0.773. The number of piperidine rings is 1. The zero-order valence-electron chi connectivity index (χ0n) is 12.4. The highest BCUT2D eigenvalue weighted by Gasteiger charge is 2.28. The Balaban J connectivity index is 1.98. The molecule has 6 heteroatoms. The number of carbonyl (C=O) groups excluding carboxylic acids is 2. The number of amides is 1. The predicted molar refractivity (Wildman–Crippen MR) is 76.9 cm³/mol. The highest BCUT2D eigenvalue weighted by atomic mass is 16.5. The Kier molecular flexibility index (Phi) is 4.77. The molecule has 2 rings (SSSR count). The monoisotopic (exact) mass is 292 g/mol. The molecule has 0 bridgehead atoms. The number of aromatic nitrogens is 1. The van der Waals surface area contributed by atoms with Crippen LogP contribution in [0.4, 0.5) is 0 Å². The summed E-state index contributed by atoms with van der Waals surface area (Å²) < 4.78 is 6.42. The molecule has 0 radical (unpaired) electrons. The fourth-order valence-corrected chi connectivity index (χ4v) is 2.44. The summed E-state index contributed by atoms with van der Waals surface area (Å²) in [6, 6.07) is 2.99. The summed E-state index contributed by atoms with van der Waals surface area (Å²) in [4.78, 5) is 37.2. The van der Waals surface area contributed by atoms with Gasteiger partial charge in [0.05, 0.1) is 12.5 Å². The molecule has 1 aromatic rings. The van der Waals surface area contributed by atoms with Crippen LogP contribution in [0.25, 0.3) is 0 Å². The summed E-state index contributed by atoms with van der Waals surface area (Å²) in [6.07, 6.45) is 2.80. The van der Waals surface area contributed by atoms with Crippen LogP contribution in [0.15, 0.2) is 23.1 Å². The standard InChI is InChI=1S/C15H20N2O4/c1-3-21-15(20)11-5-8-17(9-6-11)14(19)12-4-7-16(2)13(18)10-12/h4,7,10-11H,3,5-6,8-9H2,1-2H3. The number of carbonyl (C=O) groups is 2. The number of aryl methyl sites for hydroxylation is 1. The predicted octanol–water partition coefficient (Wildman–Crippen LogP) is 0.801. The van der Waals surface area contributed by atoms with Gasteiger partial charge in [0.25, 0.3) is 11.5 Å². The molecule has 1 saturated heterocycles. The normalized spacial score (nSPS) is 15.8. The van der Waals surface area contributed by atoms with Gasteiger partial charge in [0.1, 0.15) is 0 Å². The molecule has 0 unspecified atom stereocenters. The molecule has 114 valence electrons. The number of hydrogen-bond donors (Lipinski definition) is 0. The summed E-state index contributed by atoms with van der Waals surface area (Å²) in [6.45, 7) is 3.19. The first-order valence-corrected chi connectivity index (χ1v) is 7.15. The van der Waals surface area contributed by atoms with Crippen molar-refractivity contribution in [2.45, 2.75) is 19.8 Å². The van der Waals surface area contributed by atoms with Gasteiger partial charge in [-0.1, -0.05) is 0 Å². The van der Waals surface area contributed by atoms with Gasteiger partial charge in [-0.15, -0.1) is 0 Å². The van der Waals surface area contributed by atoms with E-state index in [9.17, 15) is 14.4 Å². The first kappa shape index (κ1) is 15.3. The van der Waals surface area contributed by atoms with Crippen LogP contribution in [0.3, 0.4) is 0 Å². The molecule has 6 nitrogen and oxygen atoms in total. The Morgan fingerprint density at radius 3 is 2.57 bits per heavy atom. The number of ether oxygens (including phenoxy) is 1. The fourth-order valence-electron chi connectivity index (χ4n) is 2.44. The minimum absolute atomic E-state index is 0.127. The number of pyridine rings is 1. The first-order chi connectivity index (χ1) is 10.0. The van der Waals surface area contributed by atoms with E-state index >= 15 is 0 Å². The van der Waals surface area contributed by atoms with Gasteiger partial charge >= 0.3 is 5.97 Å². The molecule has 1 aromatic heterocycles. The average molecular weight is 292 g/mol. The second-order valence-corrected chi connectivity index (χ2v) is 5.18. The summed E-state index contributed by atoms with van der Waals surface area (Å²) in [5.41, 5.74) is 0.190. The van der Waals surface area contributed by atoms with Gasteiger partial charge in [-0.25, -0.2) is 0 Å². The zero-order valence-corrected chi connectivity index (χ0v) is 12.4. The van der Waals surface area contributed by atoms with Crippen molar-refractivity contribution in [2.24, 2.45) is 13.0 Å². The number of esters is 1. The zero-order chi connectivity index (χ0) is 15.4. The second-order valence-electron chi connectivity index (χ2n) is 5.18. The Labute approximate surface area is 123 Å². The lowest BCUT2D eigenvalue weighted by Gasteiger charge is -2.30. The summed E-state index contributed by atoms with van der Waals surface area (Å²) in [7, 11) is 1.64. The van der Waals surface area contributed by atoms with E-state index in [-0.39, 0.29) is 23.4 Å². The number of rotatable bonds is 3. The van der Waals surface area contributed by atoms with Gasteiger partial charge < -0.3 is 14.2 Å². The Bertz CT molecular complexity index is 586. The number of hydrogen-bond acceptors (Lipinski definition) is 4. The van der Waals surface area contributed by atoms with Crippen molar-refractivity contribution in [1.82, 2.24) is 9.47 Å². The lowest BCUT2D eigenvalue weighted by molar-refractivity contribution is -0.149. The van der Waals surface area contributed by atoms with Gasteiger partial charge in [-0.05, 0) is 25.8 Å². The highest BCUT2D eigenvalue weighted by Crippen LogP contribution is 2.20. The van der Waals surface area contributed by atoms with E-state index < -0.39 is 0 Å². The molecule has 0 spiro atoms. The van der Waals surface area contributed by atoms with Crippen molar-refractivity contribution in [3.05, 3.63) is 34.2 Å². The van der Waals surface area contributed by atoms with Gasteiger partial charge in [0, 0.05) is 38.0 Å². The second kappa shape index (κ2) is 6.56. The maximum absolute atomic E-state index is 12.3. The summed E-state index contributed by atoms with van der Waals surface area (Å²) in [5.74, 6) is -0.467. The smallest absolute Gasteiger partial charge is 0.309 e. The lowest BCUT2D eigenvalue weighted by Crippen LogP contribution is -2.41. The van der Waals surface area contributed by atoms with Gasteiger partial charge in [-0.3, -0.25) is 14.4 Å². The summed E-state index contributed by atoms with van der Waals surface area (Å²) in [5, 5.41) is 0. The maximum atomic E-state index is 12.3. The van der Waals surface area contributed by atoms with Gasteiger partial charge in [0.15, 0.2) is 0 Å². The van der Waals surface area contributed by atoms with Crippen LogP contribution in [0.5, 0.6) is 0 Å². The summed E-state index contributed by atoms with van der Waals surface area (Å²) >= 11 is 0. The third-order valence-electron chi connectivity index (χ3n) is 3.75. The van der Waals surface area contributed by atoms with Crippen LogP contribution >= 0.6 is 0 Å². The fraction of sp³-hybridized carbons (Fsp3) is 0.533.